The highest BCUT2D eigenvalue weighted by atomic mass is 16.5. The quantitative estimate of drug-likeness (QED) is 0.548. The average Bonchev–Trinajstić information content (AvgIpc) is 2.38. The minimum Gasteiger partial charge on any atom is -0.494 e. The molecular formula is C17H28O. The molecule has 1 aromatic carbocycles. The number of hydrogen-bond acceptors (Lipinski definition) is 1. The first-order valence-corrected chi connectivity index (χ1v) is 7.56. The van der Waals surface area contributed by atoms with Crippen LogP contribution in [0.3, 0.4) is 0 Å². The fourth-order valence-corrected chi connectivity index (χ4v) is 2.31. The molecule has 0 amide bonds. The first kappa shape index (κ1) is 15.1. The van der Waals surface area contributed by atoms with Gasteiger partial charge in [0.2, 0.25) is 0 Å². The van der Waals surface area contributed by atoms with Gasteiger partial charge in [-0.15, -0.1) is 0 Å². The maximum absolute atomic E-state index is 5.73. The molecule has 0 aliphatic rings. The molecule has 1 aromatic rings. The summed E-state index contributed by atoms with van der Waals surface area (Å²) >= 11 is 0. The van der Waals surface area contributed by atoms with Crippen molar-refractivity contribution in [3.05, 3.63) is 29.3 Å². The van der Waals surface area contributed by atoms with Crippen LogP contribution in [0.4, 0.5) is 0 Å². The molecule has 0 aromatic heterocycles. The van der Waals surface area contributed by atoms with E-state index in [9.17, 15) is 0 Å². The van der Waals surface area contributed by atoms with Gasteiger partial charge in [-0.2, -0.15) is 0 Å². The van der Waals surface area contributed by atoms with Gasteiger partial charge in [-0.1, -0.05) is 51.7 Å². The molecule has 0 N–H and O–H groups in total. The Bertz CT molecular complexity index is 330. The fraction of sp³-hybridized carbons (Fsp3) is 0.647. The van der Waals surface area contributed by atoms with Gasteiger partial charge in [0.25, 0.3) is 0 Å². The zero-order chi connectivity index (χ0) is 13.2. The summed E-state index contributed by atoms with van der Waals surface area (Å²) in [5, 5.41) is 0. The lowest BCUT2D eigenvalue weighted by Gasteiger charge is -2.12. The second-order valence-corrected chi connectivity index (χ2v) is 4.94. The average molecular weight is 248 g/mol. The van der Waals surface area contributed by atoms with Gasteiger partial charge >= 0.3 is 0 Å². The van der Waals surface area contributed by atoms with E-state index in [4.69, 9.17) is 4.74 Å². The maximum atomic E-state index is 5.73. The van der Waals surface area contributed by atoms with Gasteiger partial charge in [-0.3, -0.25) is 0 Å². The van der Waals surface area contributed by atoms with Crippen LogP contribution in [0.1, 0.15) is 64.0 Å². The Morgan fingerprint density at radius 1 is 0.889 bits per heavy atom. The molecule has 18 heavy (non-hydrogen) atoms. The highest BCUT2D eigenvalue weighted by Crippen LogP contribution is 2.23. The van der Waals surface area contributed by atoms with Crippen LogP contribution >= 0.6 is 0 Å². The van der Waals surface area contributed by atoms with Crippen LogP contribution in [0, 0.1) is 0 Å². The van der Waals surface area contributed by atoms with Gasteiger partial charge < -0.3 is 4.74 Å². The van der Waals surface area contributed by atoms with Crippen molar-refractivity contribution in [1.82, 2.24) is 0 Å². The third-order valence-corrected chi connectivity index (χ3v) is 3.26. The van der Waals surface area contributed by atoms with Crippen LogP contribution in [0.2, 0.25) is 0 Å². The Balaban J connectivity index is 2.66. The minimum absolute atomic E-state index is 0.759. The molecule has 0 fully saturated rings. The van der Waals surface area contributed by atoms with E-state index in [1.165, 1.54) is 49.7 Å². The number of aryl methyl sites for hydroxylation is 2. The number of ether oxygens (including phenoxy) is 1. The SMILES string of the molecule is CCCCCCc1cc(CCC)ccc1OCC. The van der Waals surface area contributed by atoms with Crippen LogP contribution in [0.15, 0.2) is 18.2 Å². The third kappa shape index (κ3) is 5.12. The Morgan fingerprint density at radius 3 is 2.39 bits per heavy atom. The van der Waals surface area contributed by atoms with Crippen molar-refractivity contribution in [3.8, 4) is 5.75 Å². The van der Waals surface area contributed by atoms with Gasteiger partial charge in [0.15, 0.2) is 0 Å². The lowest BCUT2D eigenvalue weighted by Crippen LogP contribution is -1.98. The van der Waals surface area contributed by atoms with Crippen LogP contribution < -0.4 is 4.74 Å². The zero-order valence-electron chi connectivity index (χ0n) is 12.3. The molecule has 0 saturated carbocycles. The summed E-state index contributed by atoms with van der Waals surface area (Å²) in [6, 6.07) is 6.72. The predicted molar refractivity (Wildman–Crippen MR) is 79.5 cm³/mol. The van der Waals surface area contributed by atoms with Crippen molar-refractivity contribution in [2.75, 3.05) is 6.61 Å². The molecule has 102 valence electrons. The summed E-state index contributed by atoms with van der Waals surface area (Å²) in [6.45, 7) is 7.31. The van der Waals surface area contributed by atoms with E-state index in [0.29, 0.717) is 0 Å². The Kier molecular flexibility index (Phi) is 7.55. The normalized spacial score (nSPS) is 10.6. The molecule has 0 aliphatic heterocycles. The maximum Gasteiger partial charge on any atom is 0.122 e. The van der Waals surface area contributed by atoms with E-state index in [2.05, 4.69) is 39.0 Å². The van der Waals surface area contributed by atoms with Gasteiger partial charge in [0.05, 0.1) is 6.61 Å². The van der Waals surface area contributed by atoms with Crippen LogP contribution in [-0.2, 0) is 12.8 Å². The summed E-state index contributed by atoms with van der Waals surface area (Å²) < 4.78 is 5.73. The number of hydrogen-bond donors (Lipinski definition) is 0. The Hall–Kier alpha value is -0.980. The molecule has 1 nitrogen and oxygen atoms in total. The van der Waals surface area contributed by atoms with Gasteiger partial charge in [-0.05, 0) is 43.4 Å². The lowest BCUT2D eigenvalue weighted by atomic mass is 10.0. The van der Waals surface area contributed by atoms with Crippen LogP contribution in [0.5, 0.6) is 5.75 Å². The molecular weight excluding hydrogens is 220 g/mol. The Labute approximate surface area is 113 Å². The summed E-state index contributed by atoms with van der Waals surface area (Å²) in [6.07, 6.45) is 8.81. The van der Waals surface area contributed by atoms with Gasteiger partial charge in [0, 0.05) is 0 Å². The Morgan fingerprint density at radius 2 is 1.72 bits per heavy atom. The molecule has 0 saturated heterocycles. The minimum atomic E-state index is 0.759. The molecule has 0 bridgehead atoms. The summed E-state index contributed by atoms with van der Waals surface area (Å²) in [4.78, 5) is 0. The predicted octanol–water partition coefficient (Wildman–Crippen LogP) is 5.16. The van der Waals surface area contributed by atoms with E-state index < -0.39 is 0 Å². The van der Waals surface area contributed by atoms with Crippen molar-refractivity contribution < 1.29 is 4.74 Å². The van der Waals surface area contributed by atoms with Gasteiger partial charge in [-0.25, -0.2) is 0 Å². The van der Waals surface area contributed by atoms with E-state index in [0.717, 1.165) is 18.8 Å². The first-order chi connectivity index (χ1) is 8.81. The highest BCUT2D eigenvalue weighted by Gasteiger charge is 2.05. The second-order valence-electron chi connectivity index (χ2n) is 4.94. The van der Waals surface area contributed by atoms with Crippen LogP contribution in [0.25, 0.3) is 0 Å². The standard InChI is InChI=1S/C17H28O/c1-4-7-8-9-11-16-14-15(10-5-2)12-13-17(16)18-6-3/h12-14H,4-11H2,1-3H3. The van der Waals surface area contributed by atoms with Crippen LogP contribution in [-0.4, -0.2) is 6.61 Å². The topological polar surface area (TPSA) is 9.23 Å². The number of rotatable bonds is 9. The molecule has 0 heterocycles. The monoisotopic (exact) mass is 248 g/mol. The molecule has 0 radical (unpaired) electrons. The summed E-state index contributed by atoms with van der Waals surface area (Å²) in [5.41, 5.74) is 2.85. The molecule has 0 atom stereocenters. The largest absolute Gasteiger partial charge is 0.494 e. The number of benzene rings is 1. The van der Waals surface area contributed by atoms with E-state index in [1.807, 2.05) is 0 Å². The second kappa shape index (κ2) is 9.02. The lowest BCUT2D eigenvalue weighted by molar-refractivity contribution is 0.336. The molecule has 0 unspecified atom stereocenters. The molecule has 1 heteroatoms. The van der Waals surface area contributed by atoms with Crippen molar-refractivity contribution in [2.45, 2.75) is 65.7 Å². The first-order valence-electron chi connectivity index (χ1n) is 7.56. The van der Waals surface area contributed by atoms with Crippen molar-refractivity contribution >= 4 is 0 Å². The van der Waals surface area contributed by atoms with E-state index >= 15 is 0 Å². The highest BCUT2D eigenvalue weighted by molar-refractivity contribution is 5.37. The van der Waals surface area contributed by atoms with Gasteiger partial charge in [0.1, 0.15) is 5.75 Å². The summed E-state index contributed by atoms with van der Waals surface area (Å²) in [7, 11) is 0. The molecule has 0 aliphatic carbocycles. The van der Waals surface area contributed by atoms with Crippen molar-refractivity contribution in [2.24, 2.45) is 0 Å². The number of unbranched alkanes of at least 4 members (excludes halogenated alkanes) is 3. The summed E-state index contributed by atoms with van der Waals surface area (Å²) in [5.74, 6) is 1.09. The zero-order valence-corrected chi connectivity index (χ0v) is 12.3. The van der Waals surface area contributed by atoms with E-state index in [1.54, 1.807) is 0 Å². The third-order valence-electron chi connectivity index (χ3n) is 3.26. The van der Waals surface area contributed by atoms with Crippen molar-refractivity contribution in [1.29, 1.82) is 0 Å². The fourth-order valence-electron chi connectivity index (χ4n) is 2.31. The molecule has 1 rings (SSSR count). The smallest absolute Gasteiger partial charge is 0.122 e. The van der Waals surface area contributed by atoms with E-state index in [-0.39, 0.29) is 0 Å². The molecule has 0 spiro atoms. The van der Waals surface area contributed by atoms with Crippen molar-refractivity contribution in [3.63, 3.8) is 0 Å².